The zero-order valence-electron chi connectivity index (χ0n) is 15.8. The highest BCUT2D eigenvalue weighted by Crippen LogP contribution is 2.27. The Hall–Kier alpha value is -2.45. The van der Waals surface area contributed by atoms with Gasteiger partial charge in [-0.2, -0.15) is 0 Å². The Morgan fingerprint density at radius 2 is 1.55 bits per heavy atom. The second-order valence-corrected chi connectivity index (χ2v) is 6.67. The highest BCUT2D eigenvalue weighted by atomic mass is 35.5. The molecule has 0 spiro atoms. The van der Waals surface area contributed by atoms with Crippen molar-refractivity contribution in [3.63, 3.8) is 0 Å². The number of carbonyl (C=O) groups excluding carboxylic acids is 1. The molecule has 2 aromatic carbocycles. The zero-order chi connectivity index (χ0) is 20.1. The van der Waals surface area contributed by atoms with Gasteiger partial charge in [-0.1, -0.05) is 24.3 Å². The maximum Gasteiger partial charge on any atom is 0.573 e. The molecule has 2 aromatic rings. The van der Waals surface area contributed by atoms with Crippen molar-refractivity contribution < 1.29 is 22.7 Å². The van der Waals surface area contributed by atoms with Gasteiger partial charge in [0.1, 0.15) is 5.75 Å². The molecule has 3 rings (SSSR count). The van der Waals surface area contributed by atoms with E-state index in [1.54, 1.807) is 48.3 Å². The Morgan fingerprint density at radius 1 is 1.03 bits per heavy atom. The molecule has 0 aromatic heterocycles. The highest BCUT2D eigenvalue weighted by Gasteiger charge is 2.31. The van der Waals surface area contributed by atoms with Crippen molar-refractivity contribution in [2.75, 3.05) is 25.5 Å². The predicted molar refractivity (Wildman–Crippen MR) is 108 cm³/mol. The van der Waals surface area contributed by atoms with Gasteiger partial charge in [0.15, 0.2) is 0 Å². The van der Waals surface area contributed by atoms with Crippen molar-refractivity contribution >= 4 is 24.1 Å². The first-order chi connectivity index (χ1) is 13.3. The third-order valence-corrected chi connectivity index (χ3v) is 4.73. The SMILES string of the molecule is CN(C(=O)Nc1ccc(-c2ccc(OC(F)(F)F)cc2)cc1)C1CCNCC1.Cl. The Labute approximate surface area is 173 Å². The van der Waals surface area contributed by atoms with E-state index in [-0.39, 0.29) is 30.2 Å². The number of hydrogen-bond donors (Lipinski definition) is 2. The number of ether oxygens (including phenoxy) is 1. The minimum Gasteiger partial charge on any atom is -0.406 e. The van der Waals surface area contributed by atoms with Crippen LogP contribution in [-0.2, 0) is 0 Å². The molecule has 1 fully saturated rings. The molecule has 0 unspecified atom stereocenters. The molecule has 158 valence electrons. The van der Waals surface area contributed by atoms with Crippen LogP contribution in [0.3, 0.4) is 0 Å². The van der Waals surface area contributed by atoms with Gasteiger partial charge < -0.3 is 20.3 Å². The largest absolute Gasteiger partial charge is 0.573 e. The maximum atomic E-state index is 12.4. The van der Waals surface area contributed by atoms with Gasteiger partial charge in [-0.15, -0.1) is 25.6 Å². The first kappa shape index (κ1) is 22.8. The maximum absolute atomic E-state index is 12.4. The summed E-state index contributed by atoms with van der Waals surface area (Å²) in [7, 11) is 1.80. The summed E-state index contributed by atoms with van der Waals surface area (Å²) >= 11 is 0. The fourth-order valence-corrected chi connectivity index (χ4v) is 3.17. The van der Waals surface area contributed by atoms with E-state index in [2.05, 4.69) is 15.4 Å². The van der Waals surface area contributed by atoms with Crippen LogP contribution in [0.2, 0.25) is 0 Å². The lowest BCUT2D eigenvalue weighted by molar-refractivity contribution is -0.274. The number of amides is 2. The lowest BCUT2D eigenvalue weighted by Gasteiger charge is -2.31. The number of piperidine rings is 1. The van der Waals surface area contributed by atoms with Crippen molar-refractivity contribution in [3.8, 4) is 16.9 Å². The normalized spacial score (nSPS) is 14.6. The number of nitrogens with zero attached hydrogens (tertiary/aromatic N) is 1. The van der Waals surface area contributed by atoms with Crippen LogP contribution in [0, 0.1) is 0 Å². The predicted octanol–water partition coefficient (Wildman–Crippen LogP) is 4.89. The first-order valence-corrected chi connectivity index (χ1v) is 9.02. The zero-order valence-corrected chi connectivity index (χ0v) is 16.6. The van der Waals surface area contributed by atoms with Gasteiger partial charge in [-0.3, -0.25) is 0 Å². The fourth-order valence-electron chi connectivity index (χ4n) is 3.17. The smallest absolute Gasteiger partial charge is 0.406 e. The lowest BCUT2D eigenvalue weighted by atomic mass is 10.1. The van der Waals surface area contributed by atoms with E-state index in [4.69, 9.17) is 0 Å². The summed E-state index contributed by atoms with van der Waals surface area (Å²) in [6.45, 7) is 1.81. The van der Waals surface area contributed by atoms with E-state index in [0.717, 1.165) is 37.1 Å². The van der Waals surface area contributed by atoms with Crippen LogP contribution in [0.1, 0.15) is 12.8 Å². The number of carbonyl (C=O) groups is 1. The van der Waals surface area contributed by atoms with E-state index < -0.39 is 6.36 Å². The minimum atomic E-state index is -4.71. The molecule has 2 N–H and O–H groups in total. The summed E-state index contributed by atoms with van der Waals surface area (Å²) in [5, 5.41) is 6.15. The minimum absolute atomic E-state index is 0. The quantitative estimate of drug-likeness (QED) is 0.727. The molecule has 2 amide bonds. The molecule has 1 heterocycles. The van der Waals surface area contributed by atoms with Crippen molar-refractivity contribution in [3.05, 3.63) is 48.5 Å². The standard InChI is InChI=1S/C20H22F3N3O2.ClH/c1-26(17-10-12-24-13-11-17)19(27)25-16-6-2-14(3-7-16)15-4-8-18(9-5-15)28-20(21,22)23;/h2-9,17,24H,10-13H2,1H3,(H,25,27);1H. The second kappa shape index (κ2) is 9.84. The van der Waals surface area contributed by atoms with Crippen LogP contribution >= 0.6 is 12.4 Å². The van der Waals surface area contributed by atoms with Gasteiger partial charge in [0.2, 0.25) is 0 Å². The summed E-state index contributed by atoms with van der Waals surface area (Å²) in [6, 6.07) is 12.9. The molecule has 0 radical (unpaired) electrons. The summed E-state index contributed by atoms with van der Waals surface area (Å²) in [6.07, 6.45) is -2.85. The van der Waals surface area contributed by atoms with Crippen LogP contribution in [0.15, 0.2) is 48.5 Å². The molecule has 0 atom stereocenters. The van der Waals surface area contributed by atoms with Crippen LogP contribution in [0.4, 0.5) is 23.7 Å². The third-order valence-electron chi connectivity index (χ3n) is 4.73. The van der Waals surface area contributed by atoms with Crippen molar-refractivity contribution in [1.29, 1.82) is 0 Å². The van der Waals surface area contributed by atoms with Gasteiger partial charge in [-0.05, 0) is 61.3 Å². The number of benzene rings is 2. The van der Waals surface area contributed by atoms with Gasteiger partial charge in [-0.25, -0.2) is 4.79 Å². The number of halogens is 4. The number of hydrogen-bond acceptors (Lipinski definition) is 3. The molecule has 0 aliphatic carbocycles. The molecule has 5 nitrogen and oxygen atoms in total. The van der Waals surface area contributed by atoms with Crippen molar-refractivity contribution in [2.24, 2.45) is 0 Å². The number of rotatable bonds is 4. The Kier molecular flexibility index (Phi) is 7.75. The summed E-state index contributed by atoms with van der Waals surface area (Å²) in [4.78, 5) is 14.1. The second-order valence-electron chi connectivity index (χ2n) is 6.67. The van der Waals surface area contributed by atoms with Gasteiger partial charge >= 0.3 is 12.4 Å². The molecule has 29 heavy (non-hydrogen) atoms. The fraction of sp³-hybridized carbons (Fsp3) is 0.350. The van der Waals surface area contributed by atoms with Crippen LogP contribution in [0.25, 0.3) is 11.1 Å². The molecule has 1 aliphatic heterocycles. The van der Waals surface area contributed by atoms with Crippen LogP contribution in [0.5, 0.6) is 5.75 Å². The number of nitrogens with one attached hydrogen (secondary N) is 2. The number of urea groups is 1. The van der Waals surface area contributed by atoms with Gasteiger partial charge in [0, 0.05) is 18.8 Å². The van der Waals surface area contributed by atoms with E-state index in [0.29, 0.717) is 5.69 Å². The van der Waals surface area contributed by atoms with E-state index >= 15 is 0 Å². The van der Waals surface area contributed by atoms with E-state index in [9.17, 15) is 18.0 Å². The number of anilines is 1. The Morgan fingerprint density at radius 3 is 2.07 bits per heavy atom. The van der Waals surface area contributed by atoms with Gasteiger partial charge in [0.05, 0.1) is 0 Å². The Bertz CT molecular complexity index is 792. The lowest BCUT2D eigenvalue weighted by Crippen LogP contribution is -2.45. The molecular weight excluding hydrogens is 407 g/mol. The monoisotopic (exact) mass is 429 g/mol. The summed E-state index contributed by atoms with van der Waals surface area (Å²) in [5.41, 5.74) is 2.23. The number of alkyl halides is 3. The average Bonchev–Trinajstić information content (AvgIpc) is 2.68. The molecule has 1 saturated heterocycles. The first-order valence-electron chi connectivity index (χ1n) is 9.02. The Balaban J connectivity index is 0.00000300. The molecule has 0 saturated carbocycles. The third kappa shape index (κ3) is 6.54. The molecule has 9 heteroatoms. The van der Waals surface area contributed by atoms with Crippen molar-refractivity contribution in [1.82, 2.24) is 10.2 Å². The highest BCUT2D eigenvalue weighted by molar-refractivity contribution is 5.89. The van der Waals surface area contributed by atoms with Crippen molar-refractivity contribution in [2.45, 2.75) is 25.2 Å². The van der Waals surface area contributed by atoms with Crippen LogP contribution < -0.4 is 15.4 Å². The van der Waals surface area contributed by atoms with Crippen LogP contribution in [-0.4, -0.2) is 43.5 Å². The molecular formula is C20H23ClF3N3O2. The van der Waals surface area contributed by atoms with E-state index in [1.165, 1.54) is 12.1 Å². The topological polar surface area (TPSA) is 53.6 Å². The van der Waals surface area contributed by atoms with Gasteiger partial charge in [0.25, 0.3) is 0 Å². The summed E-state index contributed by atoms with van der Waals surface area (Å²) < 4.78 is 40.5. The summed E-state index contributed by atoms with van der Waals surface area (Å²) in [5.74, 6) is -0.263. The molecule has 1 aliphatic rings. The van der Waals surface area contributed by atoms with E-state index in [1.807, 2.05) is 0 Å². The average molecular weight is 430 g/mol. The molecule has 0 bridgehead atoms.